The fourth-order valence-corrected chi connectivity index (χ4v) is 0.817. The smallest absolute Gasteiger partial charge is 0.377 e. The Morgan fingerprint density at radius 2 is 2.12 bits per heavy atom. The van der Waals surface area contributed by atoms with Crippen LogP contribution in [0.2, 0.25) is 0 Å². The molecule has 0 atom stereocenters. The first-order chi connectivity index (χ1) is 3.42. The molecule has 0 aliphatic heterocycles. The fraction of sp³-hybridized carbons (Fsp3) is 0.500. The van der Waals surface area contributed by atoms with Gasteiger partial charge in [-0.05, 0) is 0 Å². The van der Waals surface area contributed by atoms with E-state index in [0.29, 0.717) is 0 Å². The van der Waals surface area contributed by atoms with Crippen molar-refractivity contribution >= 4 is 24.5 Å². The summed E-state index contributed by atoms with van der Waals surface area (Å²) in [6, 6.07) is 0. The number of hydrogen-bond acceptors (Lipinski definition) is 3. The summed E-state index contributed by atoms with van der Waals surface area (Å²) in [5, 5.41) is 0. The summed E-state index contributed by atoms with van der Waals surface area (Å²) in [5.74, 6) is -0.779. The molecule has 0 aromatic carbocycles. The van der Waals surface area contributed by atoms with Gasteiger partial charge in [0.1, 0.15) is 0 Å². The fourth-order valence-electron chi connectivity index (χ4n) is 0.167. The summed E-state index contributed by atoms with van der Waals surface area (Å²) in [6.45, 7) is -2.69. The van der Waals surface area contributed by atoms with E-state index in [0.717, 1.165) is 6.92 Å². The van der Waals surface area contributed by atoms with Gasteiger partial charge in [0.05, 0.1) is 0 Å². The van der Waals surface area contributed by atoms with Crippen molar-refractivity contribution in [1.29, 1.82) is 0 Å². The highest BCUT2D eigenvalue weighted by Crippen LogP contribution is 2.35. The predicted molar refractivity (Wildman–Crippen MR) is 30.5 cm³/mol. The predicted octanol–water partition coefficient (Wildman–Crippen LogP) is -0.241. The maximum Gasteiger partial charge on any atom is 0.377 e. The Balaban J connectivity index is 3.74. The van der Waals surface area contributed by atoms with Crippen molar-refractivity contribution in [2.24, 2.45) is 0 Å². The van der Waals surface area contributed by atoms with Crippen LogP contribution in [0.4, 0.5) is 0 Å². The molecule has 0 saturated heterocycles. The molecule has 0 unspecified atom stereocenters. The monoisotopic (exact) mass is 156 g/mol. The van der Waals surface area contributed by atoms with Crippen LogP contribution in [-0.4, -0.2) is 15.8 Å². The number of rotatable bonds is 1. The molecule has 0 aliphatic rings. The van der Waals surface area contributed by atoms with Crippen LogP contribution < -0.4 is 0 Å². The Kier molecular flexibility index (Phi) is 2.56. The van der Waals surface area contributed by atoms with Crippen LogP contribution in [-0.2, 0) is 21.1 Å². The summed E-state index contributed by atoms with van der Waals surface area (Å²) in [4.78, 5) is 26.3. The van der Waals surface area contributed by atoms with E-state index in [4.69, 9.17) is 9.79 Å². The zero-order valence-electron chi connectivity index (χ0n) is 4.07. The van der Waals surface area contributed by atoms with E-state index < -0.39 is 12.7 Å². The Hall–Kier alpha value is 0.0400. The van der Waals surface area contributed by atoms with E-state index in [1.54, 1.807) is 0 Å². The Morgan fingerprint density at radius 3 is 2.12 bits per heavy atom. The van der Waals surface area contributed by atoms with Gasteiger partial charge in [0.25, 0.3) is 0 Å². The van der Waals surface area contributed by atoms with Gasteiger partial charge in [-0.3, -0.25) is 4.79 Å². The summed E-state index contributed by atoms with van der Waals surface area (Å²) in [7, 11) is 0. The van der Waals surface area contributed by atoms with Gasteiger partial charge >= 0.3 is 12.7 Å². The Morgan fingerprint density at radius 1 is 1.75 bits per heavy atom. The van der Waals surface area contributed by atoms with Gasteiger partial charge < -0.3 is 14.3 Å². The van der Waals surface area contributed by atoms with Crippen molar-refractivity contribution in [3.05, 3.63) is 0 Å². The van der Waals surface area contributed by atoms with Gasteiger partial charge in [0.2, 0.25) is 0 Å². The highest BCUT2D eigenvalue weighted by atomic mass is 32.5. The van der Waals surface area contributed by atoms with Crippen LogP contribution in [0.1, 0.15) is 6.92 Å². The van der Waals surface area contributed by atoms with Crippen LogP contribution in [0, 0.1) is 0 Å². The quantitative estimate of drug-likeness (QED) is 0.513. The van der Waals surface area contributed by atoms with Gasteiger partial charge in [0.15, 0.2) is 0 Å². The molecule has 0 bridgehead atoms. The lowest BCUT2D eigenvalue weighted by Gasteiger charge is -2.03. The van der Waals surface area contributed by atoms with Gasteiger partial charge in [-0.15, -0.1) is 0 Å². The first-order valence-corrected chi connectivity index (χ1v) is 4.30. The summed E-state index contributed by atoms with van der Waals surface area (Å²) in [5.41, 5.74) is 0. The lowest BCUT2D eigenvalue weighted by Crippen LogP contribution is -1.94. The van der Waals surface area contributed by atoms with Crippen molar-refractivity contribution in [1.82, 2.24) is 0 Å². The molecule has 2 N–H and O–H groups in total. The molecule has 48 valence electrons. The molecule has 0 aromatic heterocycles. The molecule has 0 radical (unpaired) electrons. The summed E-state index contributed by atoms with van der Waals surface area (Å²) >= 11 is 3.94. The first-order valence-electron chi connectivity index (χ1n) is 1.67. The van der Waals surface area contributed by atoms with Gasteiger partial charge in [0, 0.05) is 18.7 Å². The molecule has 8 heavy (non-hydrogen) atoms. The maximum atomic E-state index is 9.88. The lowest BCUT2D eigenvalue weighted by molar-refractivity contribution is -0.132. The lowest BCUT2D eigenvalue weighted by atomic mass is 10.9. The average Bonchev–Trinajstić information content (AvgIpc) is 1.21. The van der Waals surface area contributed by atoms with Gasteiger partial charge in [-0.1, -0.05) is 0 Å². The van der Waals surface area contributed by atoms with Crippen molar-refractivity contribution in [3.8, 4) is 0 Å². The minimum atomic E-state index is -3.74. The van der Waals surface area contributed by atoms with Crippen molar-refractivity contribution in [3.63, 3.8) is 0 Å². The highest BCUT2D eigenvalue weighted by molar-refractivity contribution is 8.06. The normalized spacial score (nSPS) is 10.9. The number of hydrogen-bond donors (Lipinski definition) is 2. The van der Waals surface area contributed by atoms with Crippen molar-refractivity contribution in [2.45, 2.75) is 6.92 Å². The van der Waals surface area contributed by atoms with Crippen LogP contribution >= 0.6 is 6.72 Å². The third-order valence-corrected chi connectivity index (χ3v) is 0.966. The van der Waals surface area contributed by atoms with Crippen molar-refractivity contribution in [2.75, 3.05) is 0 Å². The zero-order chi connectivity index (χ0) is 6.78. The molecule has 0 aliphatic carbocycles. The third-order valence-electron chi connectivity index (χ3n) is 0.247. The second-order valence-electron chi connectivity index (χ2n) is 1.07. The van der Waals surface area contributed by atoms with Crippen LogP contribution in [0.5, 0.6) is 0 Å². The van der Waals surface area contributed by atoms with Crippen LogP contribution in [0.3, 0.4) is 0 Å². The molecule has 6 heteroatoms. The molecular weight excluding hydrogens is 151 g/mol. The minimum Gasteiger partial charge on any atom is -0.392 e. The SMILES string of the molecule is CC(=O)OP(O)(O)=S. The third kappa shape index (κ3) is 6.04. The second kappa shape index (κ2) is 2.55. The molecule has 0 spiro atoms. The molecular formula is C2H5O4PS. The minimum absolute atomic E-state index is 0.779. The zero-order valence-corrected chi connectivity index (χ0v) is 5.78. The van der Waals surface area contributed by atoms with E-state index in [9.17, 15) is 4.79 Å². The van der Waals surface area contributed by atoms with Crippen molar-refractivity contribution < 1.29 is 19.1 Å². The molecule has 0 fully saturated rings. The van der Waals surface area contributed by atoms with E-state index >= 15 is 0 Å². The molecule has 0 amide bonds. The average molecular weight is 156 g/mol. The summed E-state index contributed by atoms with van der Waals surface area (Å²) in [6.07, 6.45) is 0. The van der Waals surface area contributed by atoms with Crippen LogP contribution in [0.15, 0.2) is 0 Å². The largest absolute Gasteiger partial charge is 0.392 e. The topological polar surface area (TPSA) is 66.8 Å². The summed E-state index contributed by atoms with van der Waals surface area (Å²) < 4.78 is 3.84. The van der Waals surface area contributed by atoms with E-state index in [1.165, 1.54) is 0 Å². The first kappa shape index (κ1) is 8.04. The van der Waals surface area contributed by atoms with E-state index in [-0.39, 0.29) is 0 Å². The number of carbonyl (C=O) groups excluding carboxylic acids is 1. The Labute approximate surface area is 51.3 Å². The maximum absolute atomic E-state index is 9.88. The van der Waals surface area contributed by atoms with E-state index in [2.05, 4.69) is 16.3 Å². The molecule has 0 saturated carbocycles. The van der Waals surface area contributed by atoms with Gasteiger partial charge in [-0.25, -0.2) is 0 Å². The molecule has 0 rings (SSSR count). The van der Waals surface area contributed by atoms with Gasteiger partial charge in [-0.2, -0.15) is 0 Å². The van der Waals surface area contributed by atoms with E-state index in [1.807, 2.05) is 0 Å². The molecule has 0 heterocycles. The molecule has 0 aromatic rings. The number of carbonyl (C=O) groups is 1. The highest BCUT2D eigenvalue weighted by Gasteiger charge is 2.09. The Bertz CT molecular complexity index is 137. The standard InChI is InChI=1S/C2H5O4PS/c1-2(3)6-7(4,5)8/h1H3,(H2,4,5,8). The van der Waals surface area contributed by atoms with Crippen LogP contribution in [0.25, 0.3) is 0 Å². The molecule has 4 nitrogen and oxygen atoms in total. The second-order valence-corrected chi connectivity index (χ2v) is 3.66.